The summed E-state index contributed by atoms with van der Waals surface area (Å²) in [5, 5.41) is 13.7. The summed E-state index contributed by atoms with van der Waals surface area (Å²) in [4.78, 5) is 13.4. The van der Waals surface area contributed by atoms with Gasteiger partial charge in [0.05, 0.1) is 34.8 Å². The molecule has 3 heterocycles. The van der Waals surface area contributed by atoms with Crippen LogP contribution < -0.4 is 10.2 Å². The van der Waals surface area contributed by atoms with Gasteiger partial charge in [0, 0.05) is 215 Å². The third-order valence-corrected chi connectivity index (χ3v) is 9.50. The van der Waals surface area contributed by atoms with Gasteiger partial charge < -0.3 is 20.3 Å². The van der Waals surface area contributed by atoms with Crippen molar-refractivity contribution in [2.24, 2.45) is 0 Å². The van der Waals surface area contributed by atoms with Crippen molar-refractivity contribution in [1.29, 1.82) is 0 Å². The van der Waals surface area contributed by atoms with Crippen LogP contribution in [-0.2, 0) is 0 Å². The SMILES string of the molecule is C#CC#CC#CC#CC#CC#CC#CC#CC#CC#CC#CC#CC#CC#CC#CC#CC#CC#CC#CC#CC#CC#CC.O[C@H]1CN(c2c(-c3cc(F)cc(Cl)c3)cncc2-c2nc3cc(F)c(F)cc3[nH]2)CC[C@H]1NCCC(F)(F)F. The minimum Gasteiger partial charge on any atom is -0.390 e. The summed E-state index contributed by atoms with van der Waals surface area (Å²) in [5.41, 5.74) is 2.13. The summed E-state index contributed by atoms with van der Waals surface area (Å²) in [6, 6.07) is 5.31. The Morgan fingerprint density at radius 3 is 1.38 bits per heavy atom. The molecular formula is C71H26ClF6N5O. The molecule has 0 spiro atoms. The number of β-amino-alcohol motifs (C(OH)–C–C–N with tert-alkyl or cyclic N) is 1. The van der Waals surface area contributed by atoms with E-state index in [1.165, 1.54) is 18.5 Å². The number of nitrogens with one attached hydrogen (secondary N) is 2. The van der Waals surface area contributed by atoms with Gasteiger partial charge >= 0.3 is 6.18 Å². The Kier molecular flexibility index (Phi) is 28.5. The zero-order valence-electron chi connectivity index (χ0n) is 43.2. The van der Waals surface area contributed by atoms with E-state index in [1.54, 1.807) is 17.9 Å². The number of imidazole rings is 1. The smallest absolute Gasteiger partial charge is 0.390 e. The van der Waals surface area contributed by atoms with E-state index in [0.29, 0.717) is 35.3 Å². The normalized spacial score (nSPS) is 10.5. The second kappa shape index (κ2) is 37.7. The molecule has 1 fully saturated rings. The second-order valence-corrected chi connectivity index (χ2v) is 15.3. The molecule has 1 aliphatic rings. The van der Waals surface area contributed by atoms with Gasteiger partial charge in [0.15, 0.2) is 11.6 Å². The molecule has 2 aromatic carbocycles. The van der Waals surface area contributed by atoms with Crippen molar-refractivity contribution in [3.05, 3.63) is 65.2 Å². The first kappa shape index (κ1) is 63.5. The molecule has 1 saturated heterocycles. The first-order valence-corrected chi connectivity index (χ1v) is 23.7. The number of nitrogens with zero attached hydrogens (tertiary/aromatic N) is 3. The fourth-order valence-corrected chi connectivity index (χ4v) is 6.33. The van der Waals surface area contributed by atoms with Crippen LogP contribution >= 0.6 is 11.6 Å². The van der Waals surface area contributed by atoms with Crippen LogP contribution in [0.3, 0.4) is 0 Å². The zero-order chi connectivity index (χ0) is 60.3. The molecule has 0 bridgehead atoms. The van der Waals surface area contributed by atoms with Crippen LogP contribution in [0.5, 0.6) is 0 Å². The molecule has 390 valence electrons. The number of alkyl halides is 3. The van der Waals surface area contributed by atoms with E-state index >= 15 is 0 Å². The zero-order valence-corrected chi connectivity index (χ0v) is 44.0. The molecule has 84 heavy (non-hydrogen) atoms. The Balaban J connectivity index is 0.000000363. The third-order valence-electron chi connectivity index (χ3n) is 9.28. The van der Waals surface area contributed by atoms with E-state index in [1.807, 2.05) is 0 Å². The van der Waals surface area contributed by atoms with Crippen LogP contribution in [0, 0.1) is 278 Å². The van der Waals surface area contributed by atoms with Crippen molar-refractivity contribution >= 4 is 28.3 Å². The predicted molar refractivity (Wildman–Crippen MR) is 313 cm³/mol. The van der Waals surface area contributed by atoms with E-state index in [-0.39, 0.29) is 35.0 Å². The van der Waals surface area contributed by atoms with Crippen LogP contribution in [-0.4, -0.2) is 58.0 Å². The fraction of sp³-hybridized carbons (Fsp3) is 0.127. The number of aromatic amines is 1. The lowest BCUT2D eigenvalue weighted by atomic mass is 9.96. The number of pyridine rings is 1. The molecule has 5 rings (SSSR count). The molecule has 0 amide bonds. The number of piperidine rings is 1. The van der Waals surface area contributed by atoms with Gasteiger partial charge in [-0.1, -0.05) is 17.5 Å². The molecule has 0 unspecified atom stereocenters. The monoisotopic (exact) mass is 1110 g/mol. The highest BCUT2D eigenvalue weighted by atomic mass is 35.5. The summed E-state index contributed by atoms with van der Waals surface area (Å²) in [6.07, 6.45) is 1.84. The van der Waals surface area contributed by atoms with Gasteiger partial charge in [-0.3, -0.25) is 4.98 Å². The summed E-state index contributed by atoms with van der Waals surface area (Å²) in [5.74, 6) is 104. The molecule has 1 aliphatic heterocycles. The van der Waals surface area contributed by atoms with Crippen molar-refractivity contribution in [3.63, 3.8) is 0 Å². The Morgan fingerprint density at radius 1 is 0.583 bits per heavy atom. The van der Waals surface area contributed by atoms with Crippen molar-refractivity contribution in [1.82, 2.24) is 20.3 Å². The molecule has 2 atom stereocenters. The van der Waals surface area contributed by atoms with E-state index in [9.17, 15) is 31.4 Å². The summed E-state index contributed by atoms with van der Waals surface area (Å²) >= 11 is 6.11. The standard InChI is InChI=1S/C45H4.C26H22ClF6N5O/c1-3-5-7-9-11-13-15-17-19-21-23-25-27-29-31-33-35-37-39-41-43-45-44-42-40-38-36-34-32-30-28-26-24-22-20-18-16-14-12-10-8-6-4-2;27-14-5-13(6-15(28)7-14)16-10-34-11-17(25-36-21-8-18(29)19(30)9-22(21)37-25)24(16)38-4-1-20(23(39)12-38)35-3-2-26(31,32)33/h1H,2H3;5-11,20,23,35,39H,1-4,12H2,(H,36,37)/t;20-,23+/m.1/s1. The van der Waals surface area contributed by atoms with Crippen LogP contribution in [0.1, 0.15) is 19.8 Å². The predicted octanol–water partition coefficient (Wildman–Crippen LogP) is 6.56. The quantitative estimate of drug-likeness (QED) is 0.151. The topological polar surface area (TPSA) is 77.1 Å². The van der Waals surface area contributed by atoms with Gasteiger partial charge in [-0.2, -0.15) is 13.2 Å². The second-order valence-electron chi connectivity index (χ2n) is 14.9. The molecule has 0 radical (unpaired) electrons. The Morgan fingerprint density at radius 2 is 0.988 bits per heavy atom. The van der Waals surface area contributed by atoms with E-state index in [4.69, 9.17) is 18.0 Å². The molecule has 3 N–H and O–H groups in total. The maximum absolute atomic E-state index is 14.3. The van der Waals surface area contributed by atoms with Crippen LogP contribution in [0.2, 0.25) is 5.02 Å². The van der Waals surface area contributed by atoms with Crippen molar-refractivity contribution < 1.29 is 31.4 Å². The number of terminal acetylenes is 1. The van der Waals surface area contributed by atoms with Gasteiger partial charge in [0.25, 0.3) is 0 Å². The number of fused-ring (bicyclic) bond motifs is 1. The average molecular weight is 1110 g/mol. The maximum Gasteiger partial charge on any atom is 0.390 e. The van der Waals surface area contributed by atoms with Crippen LogP contribution in [0.4, 0.5) is 32.0 Å². The molecule has 0 saturated carbocycles. The number of aromatic nitrogens is 3. The number of rotatable bonds is 6. The van der Waals surface area contributed by atoms with E-state index in [2.05, 4.69) is 275 Å². The van der Waals surface area contributed by atoms with Crippen molar-refractivity contribution in [3.8, 4) is 284 Å². The number of benzene rings is 2. The van der Waals surface area contributed by atoms with Crippen LogP contribution in [0.25, 0.3) is 33.5 Å². The number of anilines is 1. The number of halogens is 7. The summed E-state index contributed by atoms with van der Waals surface area (Å²) < 4.78 is 79.7. The van der Waals surface area contributed by atoms with Crippen molar-refractivity contribution in [2.45, 2.75) is 38.1 Å². The molecule has 4 aromatic rings. The van der Waals surface area contributed by atoms with Crippen LogP contribution in [0.15, 0.2) is 42.7 Å². The minimum absolute atomic E-state index is 0.0280. The number of H-pyrrole nitrogens is 1. The van der Waals surface area contributed by atoms with E-state index < -0.39 is 42.2 Å². The Hall–Kier alpha value is -13.0. The summed E-state index contributed by atoms with van der Waals surface area (Å²) in [7, 11) is 0. The van der Waals surface area contributed by atoms with E-state index in [0.717, 1.165) is 18.2 Å². The summed E-state index contributed by atoms with van der Waals surface area (Å²) in [6.45, 7) is 1.70. The number of aliphatic hydroxyl groups excluding tert-OH is 1. The lowest BCUT2D eigenvalue weighted by Crippen LogP contribution is -2.53. The van der Waals surface area contributed by atoms with Crippen molar-refractivity contribution in [2.75, 3.05) is 24.5 Å². The lowest BCUT2D eigenvalue weighted by molar-refractivity contribution is -0.134. The number of hydrogen-bond donors (Lipinski definition) is 3. The molecule has 6 nitrogen and oxygen atoms in total. The molecule has 13 heteroatoms. The lowest BCUT2D eigenvalue weighted by Gasteiger charge is -2.39. The Bertz CT molecular complexity index is 4710. The number of hydrogen-bond acceptors (Lipinski definition) is 5. The molecule has 2 aromatic heterocycles. The van der Waals surface area contributed by atoms with Gasteiger partial charge in [-0.25, -0.2) is 18.2 Å². The largest absolute Gasteiger partial charge is 0.390 e. The van der Waals surface area contributed by atoms with Gasteiger partial charge in [0.1, 0.15) is 11.6 Å². The highest BCUT2D eigenvalue weighted by molar-refractivity contribution is 6.31. The first-order chi connectivity index (χ1) is 40.9. The third kappa shape index (κ3) is 25.9. The fourth-order valence-electron chi connectivity index (χ4n) is 6.11. The highest BCUT2D eigenvalue weighted by Gasteiger charge is 2.33. The van der Waals surface area contributed by atoms with Gasteiger partial charge in [-0.15, -0.1) is 6.42 Å². The average Bonchev–Trinajstić information content (AvgIpc) is 2.13. The molecule has 0 aliphatic carbocycles. The minimum atomic E-state index is -4.32. The highest BCUT2D eigenvalue weighted by Crippen LogP contribution is 2.41. The first-order valence-electron chi connectivity index (χ1n) is 23.3. The molecular weight excluding hydrogens is 1090 g/mol. The number of aliphatic hydroxyl groups is 1. The van der Waals surface area contributed by atoms with Gasteiger partial charge in [-0.05, 0) is 132 Å². The van der Waals surface area contributed by atoms with Gasteiger partial charge in [0.2, 0.25) is 0 Å². The maximum atomic E-state index is 14.3. The Labute approximate surface area is 489 Å².